The van der Waals surface area contributed by atoms with Crippen LogP contribution in [0.25, 0.3) is 0 Å². The van der Waals surface area contributed by atoms with Crippen LogP contribution in [0, 0.1) is 18.8 Å². The first-order chi connectivity index (χ1) is 9.19. The Morgan fingerprint density at radius 2 is 1.84 bits per heavy atom. The lowest BCUT2D eigenvalue weighted by atomic mass is 9.84. The third kappa shape index (κ3) is 6.03. The van der Waals surface area contributed by atoms with Crippen molar-refractivity contribution in [3.63, 3.8) is 0 Å². The van der Waals surface area contributed by atoms with Gasteiger partial charge in [-0.05, 0) is 54.2 Å². The van der Waals surface area contributed by atoms with E-state index in [9.17, 15) is 0 Å². The topological polar surface area (TPSA) is 0 Å². The molecule has 0 fully saturated rings. The van der Waals surface area contributed by atoms with Gasteiger partial charge in [0.2, 0.25) is 0 Å². The Bertz CT molecular complexity index is 345. The molecule has 0 saturated carbocycles. The van der Waals surface area contributed by atoms with E-state index in [1.807, 2.05) is 0 Å². The van der Waals surface area contributed by atoms with E-state index in [2.05, 4.69) is 63.7 Å². The maximum atomic E-state index is 2.45. The van der Waals surface area contributed by atoms with E-state index in [0.29, 0.717) is 0 Å². The fraction of sp³-hybridized carbons (Fsp3) is 0.667. The van der Waals surface area contributed by atoms with Crippen LogP contribution in [-0.2, 0) is 6.42 Å². The molecule has 2 atom stereocenters. The number of thioether (sulfide) groups is 1. The monoisotopic (exact) mass is 278 g/mol. The second-order valence-electron chi connectivity index (χ2n) is 5.73. The lowest BCUT2D eigenvalue weighted by Gasteiger charge is -2.24. The molecule has 0 aliphatic carbocycles. The molecule has 1 rings (SSSR count). The van der Waals surface area contributed by atoms with Crippen LogP contribution in [0.4, 0.5) is 0 Å². The van der Waals surface area contributed by atoms with E-state index in [0.717, 1.165) is 11.8 Å². The zero-order chi connectivity index (χ0) is 14.1. The average Bonchev–Trinajstić information content (AvgIpc) is 2.41. The molecule has 0 radical (unpaired) electrons. The van der Waals surface area contributed by atoms with Gasteiger partial charge in [0.1, 0.15) is 0 Å². The van der Waals surface area contributed by atoms with Gasteiger partial charge >= 0.3 is 0 Å². The summed E-state index contributed by atoms with van der Waals surface area (Å²) >= 11 is 2.13. The summed E-state index contributed by atoms with van der Waals surface area (Å²) in [4.78, 5) is 0. The maximum Gasteiger partial charge on any atom is -0.00390 e. The molecule has 0 bridgehead atoms. The predicted molar refractivity (Wildman–Crippen MR) is 90.1 cm³/mol. The van der Waals surface area contributed by atoms with Crippen molar-refractivity contribution in [1.29, 1.82) is 0 Å². The van der Waals surface area contributed by atoms with Crippen LogP contribution in [0.5, 0.6) is 0 Å². The fourth-order valence-corrected chi connectivity index (χ4v) is 3.73. The van der Waals surface area contributed by atoms with Gasteiger partial charge in [0, 0.05) is 0 Å². The molecular formula is C18H30S. The Balaban J connectivity index is 2.59. The lowest BCUT2D eigenvalue weighted by Crippen LogP contribution is -2.17. The molecule has 0 saturated heterocycles. The average molecular weight is 279 g/mol. The third-order valence-corrected chi connectivity index (χ3v) is 5.40. The van der Waals surface area contributed by atoms with Gasteiger partial charge < -0.3 is 0 Å². The molecule has 2 unspecified atom stereocenters. The van der Waals surface area contributed by atoms with Crippen LogP contribution < -0.4 is 0 Å². The van der Waals surface area contributed by atoms with Crippen molar-refractivity contribution in [2.24, 2.45) is 11.8 Å². The van der Waals surface area contributed by atoms with Crippen molar-refractivity contribution < 1.29 is 0 Å². The molecule has 1 aromatic carbocycles. The number of benzene rings is 1. The molecule has 0 N–H and O–H groups in total. The Hall–Kier alpha value is -0.430. The first kappa shape index (κ1) is 16.6. The summed E-state index contributed by atoms with van der Waals surface area (Å²) in [5.74, 6) is 4.31. The zero-order valence-corrected chi connectivity index (χ0v) is 13.9. The second-order valence-corrected chi connectivity index (χ2v) is 6.88. The first-order valence-electron chi connectivity index (χ1n) is 7.81. The van der Waals surface area contributed by atoms with Crippen molar-refractivity contribution in [1.82, 2.24) is 0 Å². The molecule has 0 heterocycles. The summed E-state index contributed by atoms with van der Waals surface area (Å²) in [5, 5.41) is 0. The van der Waals surface area contributed by atoms with Crippen LogP contribution in [0.2, 0.25) is 0 Å². The van der Waals surface area contributed by atoms with Crippen molar-refractivity contribution >= 4 is 11.8 Å². The minimum absolute atomic E-state index is 0.830. The van der Waals surface area contributed by atoms with Gasteiger partial charge in [-0.2, -0.15) is 11.8 Å². The summed E-state index contributed by atoms with van der Waals surface area (Å²) in [7, 11) is 0. The minimum atomic E-state index is 0.830. The normalized spacial score (nSPS) is 14.3. The van der Waals surface area contributed by atoms with E-state index in [1.54, 1.807) is 5.56 Å². The van der Waals surface area contributed by atoms with E-state index < -0.39 is 0 Å². The van der Waals surface area contributed by atoms with Gasteiger partial charge in [0.25, 0.3) is 0 Å². The van der Waals surface area contributed by atoms with Gasteiger partial charge in [0.15, 0.2) is 0 Å². The highest BCUT2D eigenvalue weighted by molar-refractivity contribution is 7.99. The first-order valence-corrected chi connectivity index (χ1v) is 8.96. The molecular weight excluding hydrogens is 248 g/mol. The minimum Gasteiger partial charge on any atom is -0.162 e. The summed E-state index contributed by atoms with van der Waals surface area (Å²) in [6, 6.07) is 8.88. The van der Waals surface area contributed by atoms with Gasteiger partial charge in [-0.25, -0.2) is 0 Å². The number of hydrogen-bond donors (Lipinski definition) is 0. The summed E-state index contributed by atoms with van der Waals surface area (Å²) in [5.41, 5.74) is 3.00. The molecule has 0 amide bonds. The van der Waals surface area contributed by atoms with Crippen LogP contribution in [0.3, 0.4) is 0 Å². The summed E-state index contributed by atoms with van der Waals surface area (Å²) in [6.07, 6.45) is 5.23. The second kappa shape index (κ2) is 9.47. The summed E-state index contributed by atoms with van der Waals surface area (Å²) < 4.78 is 0. The molecule has 19 heavy (non-hydrogen) atoms. The highest BCUT2D eigenvalue weighted by Gasteiger charge is 2.17. The molecule has 0 spiro atoms. The SMILES string of the molecule is CCCSCC(C)C(CCC)Cc1ccccc1C. The zero-order valence-electron chi connectivity index (χ0n) is 13.1. The predicted octanol–water partition coefficient (Wildman–Crippen LogP) is 5.73. The lowest BCUT2D eigenvalue weighted by molar-refractivity contribution is 0.359. The van der Waals surface area contributed by atoms with Crippen molar-refractivity contribution in [2.75, 3.05) is 11.5 Å². The van der Waals surface area contributed by atoms with E-state index in [1.165, 1.54) is 42.8 Å². The van der Waals surface area contributed by atoms with E-state index >= 15 is 0 Å². The Morgan fingerprint density at radius 1 is 1.11 bits per heavy atom. The molecule has 108 valence electrons. The molecule has 1 aromatic rings. The Kier molecular flexibility index (Phi) is 8.29. The maximum absolute atomic E-state index is 2.45. The Morgan fingerprint density at radius 3 is 2.47 bits per heavy atom. The van der Waals surface area contributed by atoms with Gasteiger partial charge in [0.05, 0.1) is 0 Å². The van der Waals surface area contributed by atoms with Crippen molar-refractivity contribution in [2.45, 2.75) is 53.4 Å². The van der Waals surface area contributed by atoms with Crippen molar-refractivity contribution in [3.05, 3.63) is 35.4 Å². The highest BCUT2D eigenvalue weighted by Crippen LogP contribution is 2.26. The molecule has 1 heteroatoms. The highest BCUT2D eigenvalue weighted by atomic mass is 32.2. The number of aryl methyl sites for hydroxylation is 1. The standard InChI is InChI=1S/C18H30S/c1-5-9-17(16(4)14-19-12-6-2)13-18-11-8-7-10-15(18)3/h7-8,10-11,16-17H,5-6,9,12-14H2,1-4H3. The Labute approximate surface area is 124 Å². The third-order valence-electron chi connectivity index (χ3n) is 3.94. The van der Waals surface area contributed by atoms with Gasteiger partial charge in [-0.3, -0.25) is 0 Å². The van der Waals surface area contributed by atoms with E-state index in [4.69, 9.17) is 0 Å². The van der Waals surface area contributed by atoms with Crippen LogP contribution in [0.15, 0.2) is 24.3 Å². The number of hydrogen-bond acceptors (Lipinski definition) is 1. The molecule has 0 aliphatic heterocycles. The quantitative estimate of drug-likeness (QED) is 0.520. The van der Waals surface area contributed by atoms with Gasteiger partial charge in [-0.1, -0.05) is 57.9 Å². The van der Waals surface area contributed by atoms with Crippen molar-refractivity contribution in [3.8, 4) is 0 Å². The molecule has 0 nitrogen and oxygen atoms in total. The van der Waals surface area contributed by atoms with Crippen LogP contribution >= 0.6 is 11.8 Å². The smallest absolute Gasteiger partial charge is 0.00390 e. The largest absolute Gasteiger partial charge is 0.162 e. The van der Waals surface area contributed by atoms with E-state index in [-0.39, 0.29) is 0 Å². The van der Waals surface area contributed by atoms with Crippen LogP contribution in [0.1, 0.15) is 51.2 Å². The van der Waals surface area contributed by atoms with Gasteiger partial charge in [-0.15, -0.1) is 0 Å². The fourth-order valence-electron chi connectivity index (χ4n) is 2.63. The van der Waals surface area contributed by atoms with Crippen LogP contribution in [-0.4, -0.2) is 11.5 Å². The summed E-state index contributed by atoms with van der Waals surface area (Å²) in [6.45, 7) is 9.28. The molecule has 0 aromatic heterocycles. The number of rotatable bonds is 9. The molecule has 0 aliphatic rings.